The lowest BCUT2D eigenvalue weighted by molar-refractivity contribution is -0.870. The van der Waals surface area contributed by atoms with Crippen LogP contribution in [0.3, 0.4) is 0 Å². The normalized spacial score (nSPS) is 18.9. The van der Waals surface area contributed by atoms with Crippen molar-refractivity contribution in [2.24, 2.45) is 11.8 Å². The van der Waals surface area contributed by atoms with Crippen molar-refractivity contribution < 1.29 is 23.0 Å². The maximum atomic E-state index is 11.6. The van der Waals surface area contributed by atoms with E-state index in [1.165, 1.54) is 0 Å². The number of nitrogens with zero attached hydrogens (tertiary/aromatic N) is 1. The molecule has 1 N–H and O–H groups in total. The Morgan fingerprint density at radius 2 is 1.79 bits per heavy atom. The SMILES string of the molecule is CC(CS)CC(C)COP(=O)(O)OCC[N+](C)(C)C. The van der Waals surface area contributed by atoms with Crippen LogP contribution < -0.4 is 0 Å². The molecule has 3 atom stereocenters. The molecular formula is C12H29NO4PS+. The minimum atomic E-state index is -3.91. The van der Waals surface area contributed by atoms with Crippen LogP contribution >= 0.6 is 20.5 Å². The molecule has 0 aromatic rings. The van der Waals surface area contributed by atoms with Gasteiger partial charge in [0.1, 0.15) is 13.2 Å². The van der Waals surface area contributed by atoms with Crippen LogP contribution in [0.15, 0.2) is 0 Å². The van der Waals surface area contributed by atoms with E-state index in [4.69, 9.17) is 9.05 Å². The number of phosphoric acid groups is 1. The highest BCUT2D eigenvalue weighted by Crippen LogP contribution is 2.43. The summed E-state index contributed by atoms with van der Waals surface area (Å²) < 4.78 is 22.3. The molecule has 0 fully saturated rings. The van der Waals surface area contributed by atoms with Gasteiger partial charge < -0.3 is 9.38 Å². The minimum Gasteiger partial charge on any atom is -0.329 e. The monoisotopic (exact) mass is 314 g/mol. The summed E-state index contributed by atoms with van der Waals surface area (Å²) in [6.45, 7) is 5.18. The Balaban J connectivity index is 3.93. The molecule has 0 rings (SSSR count). The molecule has 0 radical (unpaired) electrons. The smallest absolute Gasteiger partial charge is 0.329 e. The number of hydrogen-bond donors (Lipinski definition) is 2. The third kappa shape index (κ3) is 11.9. The molecular weight excluding hydrogens is 285 g/mol. The Morgan fingerprint density at radius 1 is 1.21 bits per heavy atom. The number of quaternary nitrogens is 1. The summed E-state index contributed by atoms with van der Waals surface area (Å²) in [6.07, 6.45) is 0.919. The second-order valence-electron chi connectivity index (χ2n) is 6.24. The van der Waals surface area contributed by atoms with Gasteiger partial charge in [-0.25, -0.2) is 4.57 Å². The third-order valence-electron chi connectivity index (χ3n) is 2.66. The largest absolute Gasteiger partial charge is 0.472 e. The van der Waals surface area contributed by atoms with Crippen LogP contribution in [-0.4, -0.2) is 56.0 Å². The van der Waals surface area contributed by atoms with E-state index < -0.39 is 7.82 Å². The summed E-state index contributed by atoms with van der Waals surface area (Å²) in [5.74, 6) is 1.49. The highest BCUT2D eigenvalue weighted by atomic mass is 32.1. The Kier molecular flexibility index (Phi) is 8.84. The molecule has 0 aromatic heterocycles. The number of phosphoric ester groups is 1. The first-order valence-corrected chi connectivity index (χ1v) is 8.71. The first-order chi connectivity index (χ1) is 8.56. The van der Waals surface area contributed by atoms with Gasteiger partial charge in [-0.05, 0) is 24.0 Å². The van der Waals surface area contributed by atoms with E-state index in [-0.39, 0.29) is 19.1 Å². The second kappa shape index (κ2) is 8.65. The van der Waals surface area contributed by atoms with E-state index in [0.29, 0.717) is 16.9 Å². The lowest BCUT2D eigenvalue weighted by Crippen LogP contribution is -2.37. The summed E-state index contributed by atoms with van der Waals surface area (Å²) in [5.41, 5.74) is 0. The quantitative estimate of drug-likeness (QED) is 0.369. The molecule has 0 saturated carbocycles. The zero-order valence-electron chi connectivity index (χ0n) is 12.7. The van der Waals surface area contributed by atoms with E-state index in [1.807, 2.05) is 28.1 Å². The summed E-state index contributed by atoms with van der Waals surface area (Å²) >= 11 is 4.22. The van der Waals surface area contributed by atoms with Crippen LogP contribution in [0.4, 0.5) is 0 Å². The van der Waals surface area contributed by atoms with Gasteiger partial charge in [-0.1, -0.05) is 13.8 Å². The van der Waals surface area contributed by atoms with Crippen molar-refractivity contribution in [1.29, 1.82) is 0 Å². The maximum Gasteiger partial charge on any atom is 0.472 e. The number of likely N-dealkylation sites (N-methyl/N-ethyl adjacent to an activating group) is 1. The summed E-state index contributed by atoms with van der Waals surface area (Å²) in [6, 6.07) is 0. The van der Waals surface area contributed by atoms with E-state index in [1.54, 1.807) is 0 Å². The molecule has 3 unspecified atom stereocenters. The van der Waals surface area contributed by atoms with Crippen molar-refractivity contribution in [2.45, 2.75) is 20.3 Å². The maximum absolute atomic E-state index is 11.6. The molecule has 116 valence electrons. The van der Waals surface area contributed by atoms with Gasteiger partial charge in [0, 0.05) is 0 Å². The fraction of sp³-hybridized carbons (Fsp3) is 1.00. The van der Waals surface area contributed by atoms with E-state index in [2.05, 4.69) is 19.6 Å². The highest BCUT2D eigenvalue weighted by Gasteiger charge is 2.23. The Hall–Kier alpha value is 0.420. The van der Waals surface area contributed by atoms with Gasteiger partial charge in [0.15, 0.2) is 0 Å². The van der Waals surface area contributed by atoms with Crippen molar-refractivity contribution in [3.63, 3.8) is 0 Å². The summed E-state index contributed by atoms with van der Waals surface area (Å²) in [5, 5.41) is 0. The molecule has 0 spiro atoms. The topological polar surface area (TPSA) is 55.8 Å². The molecule has 7 heteroatoms. The van der Waals surface area contributed by atoms with Crippen LogP contribution in [0.2, 0.25) is 0 Å². The average Bonchev–Trinajstić information content (AvgIpc) is 2.24. The molecule has 19 heavy (non-hydrogen) atoms. The zero-order valence-corrected chi connectivity index (χ0v) is 14.5. The van der Waals surface area contributed by atoms with Crippen LogP contribution in [0, 0.1) is 11.8 Å². The van der Waals surface area contributed by atoms with E-state index in [0.717, 1.165) is 12.2 Å². The fourth-order valence-electron chi connectivity index (χ4n) is 1.52. The Labute approximate surface area is 122 Å². The minimum absolute atomic E-state index is 0.207. The molecule has 0 aliphatic rings. The fourth-order valence-corrected chi connectivity index (χ4v) is 2.50. The van der Waals surface area contributed by atoms with Crippen molar-refractivity contribution in [3.05, 3.63) is 0 Å². The molecule has 0 bridgehead atoms. The molecule has 0 aliphatic heterocycles. The molecule has 0 saturated heterocycles. The van der Waals surface area contributed by atoms with Crippen molar-refractivity contribution in [1.82, 2.24) is 0 Å². The van der Waals surface area contributed by atoms with Crippen molar-refractivity contribution in [2.75, 3.05) is 46.7 Å². The summed E-state index contributed by atoms with van der Waals surface area (Å²) in [4.78, 5) is 9.54. The molecule has 0 aliphatic carbocycles. The van der Waals surface area contributed by atoms with Gasteiger partial charge in [0.2, 0.25) is 0 Å². The van der Waals surface area contributed by atoms with E-state index >= 15 is 0 Å². The first-order valence-electron chi connectivity index (χ1n) is 6.59. The number of hydrogen-bond acceptors (Lipinski definition) is 4. The third-order valence-corrected chi connectivity index (χ3v) is 4.26. The zero-order chi connectivity index (χ0) is 15.1. The van der Waals surface area contributed by atoms with Gasteiger partial charge in [-0.3, -0.25) is 9.05 Å². The van der Waals surface area contributed by atoms with E-state index in [9.17, 15) is 9.46 Å². The predicted octanol–water partition coefficient (Wildman–Crippen LogP) is 2.42. The predicted molar refractivity (Wildman–Crippen MR) is 81.4 cm³/mol. The van der Waals surface area contributed by atoms with Crippen LogP contribution in [0.25, 0.3) is 0 Å². The lowest BCUT2D eigenvalue weighted by atomic mass is 10.00. The average molecular weight is 314 g/mol. The van der Waals surface area contributed by atoms with Gasteiger partial charge in [0.05, 0.1) is 27.7 Å². The number of rotatable bonds is 10. The molecule has 0 aromatic carbocycles. The standard InChI is InChI=1S/C12H28NO4PS/c1-11(8-12(2)10-19)9-17-18(14,15)16-7-6-13(3,4)5/h11-12H,6-10H2,1-5H3,(H-,14,15,19)/p+1. The number of thiol groups is 1. The first kappa shape index (κ1) is 19.4. The summed E-state index contributed by atoms with van der Waals surface area (Å²) in [7, 11) is 2.07. The van der Waals surface area contributed by atoms with Crippen molar-refractivity contribution >= 4 is 20.5 Å². The molecule has 0 amide bonds. The molecule has 0 heterocycles. The van der Waals surface area contributed by atoms with Gasteiger partial charge in [0.25, 0.3) is 0 Å². The highest BCUT2D eigenvalue weighted by molar-refractivity contribution is 7.80. The van der Waals surface area contributed by atoms with Gasteiger partial charge in [-0.2, -0.15) is 12.6 Å². The van der Waals surface area contributed by atoms with Crippen LogP contribution in [0.1, 0.15) is 20.3 Å². The van der Waals surface area contributed by atoms with Crippen LogP contribution in [0.5, 0.6) is 0 Å². The lowest BCUT2D eigenvalue weighted by Gasteiger charge is -2.24. The van der Waals surface area contributed by atoms with Gasteiger partial charge in [-0.15, -0.1) is 0 Å². The van der Waals surface area contributed by atoms with Gasteiger partial charge >= 0.3 is 7.82 Å². The van der Waals surface area contributed by atoms with Crippen molar-refractivity contribution in [3.8, 4) is 0 Å². The van der Waals surface area contributed by atoms with Crippen LogP contribution in [-0.2, 0) is 13.6 Å². The Bertz CT molecular complexity index is 296. The second-order valence-corrected chi connectivity index (χ2v) is 8.06. The Morgan fingerprint density at radius 3 is 2.26 bits per heavy atom. The molecule has 5 nitrogen and oxygen atoms in total.